The van der Waals surface area contributed by atoms with Crippen LogP contribution in [0.1, 0.15) is 36.6 Å². The molecule has 1 aliphatic heterocycles. The third-order valence-corrected chi connectivity index (χ3v) is 4.75. The molecule has 0 spiro atoms. The number of hydrogen-bond donors (Lipinski definition) is 3. The molecule has 3 heterocycles. The largest absolute Gasteiger partial charge is 0.348 e. The number of hydrogen-bond acceptors (Lipinski definition) is 5. The average Bonchev–Trinajstić information content (AvgIpc) is 3.38. The van der Waals surface area contributed by atoms with Crippen LogP contribution in [-0.4, -0.2) is 73.5 Å². The van der Waals surface area contributed by atoms with Gasteiger partial charge in [-0.2, -0.15) is 5.10 Å². The van der Waals surface area contributed by atoms with Crippen molar-refractivity contribution in [3.63, 3.8) is 0 Å². The van der Waals surface area contributed by atoms with Gasteiger partial charge in [0.2, 0.25) is 5.91 Å². The van der Waals surface area contributed by atoms with E-state index in [-0.39, 0.29) is 23.9 Å². The lowest BCUT2D eigenvalue weighted by Crippen LogP contribution is -2.45. The van der Waals surface area contributed by atoms with Crippen LogP contribution in [0.4, 0.5) is 0 Å². The Morgan fingerprint density at radius 2 is 2.15 bits per heavy atom. The molecule has 9 nitrogen and oxygen atoms in total. The summed E-state index contributed by atoms with van der Waals surface area (Å²) >= 11 is 0. The number of imidazole rings is 1. The summed E-state index contributed by atoms with van der Waals surface area (Å²) in [5, 5.41) is 9.46. The van der Waals surface area contributed by atoms with Crippen LogP contribution in [0.3, 0.4) is 0 Å². The lowest BCUT2D eigenvalue weighted by atomic mass is 10.1. The molecule has 0 saturated carbocycles. The summed E-state index contributed by atoms with van der Waals surface area (Å²) in [5.74, 6) is 0.698. The molecule has 0 aliphatic carbocycles. The Kier molecular flexibility index (Phi) is 5.67. The number of carbonyl (C=O) groups excluding carboxylic acids is 2. The molecule has 2 aromatic heterocycles. The lowest BCUT2D eigenvalue weighted by Gasteiger charge is -2.28. The first kappa shape index (κ1) is 18.1. The Hall–Kier alpha value is -2.68. The van der Waals surface area contributed by atoms with Crippen molar-refractivity contribution in [1.82, 2.24) is 35.3 Å². The summed E-state index contributed by atoms with van der Waals surface area (Å²) < 4.78 is 0. The summed E-state index contributed by atoms with van der Waals surface area (Å²) in [7, 11) is 0. The quantitative estimate of drug-likeness (QED) is 0.662. The van der Waals surface area contributed by atoms with Crippen molar-refractivity contribution in [3.05, 3.63) is 36.2 Å². The minimum absolute atomic E-state index is 0.0971. The summed E-state index contributed by atoms with van der Waals surface area (Å²) in [6.07, 6.45) is 5.59. The second-order valence-electron chi connectivity index (χ2n) is 6.37. The van der Waals surface area contributed by atoms with E-state index in [0.717, 1.165) is 5.82 Å². The van der Waals surface area contributed by atoms with E-state index in [1.54, 1.807) is 24.7 Å². The minimum Gasteiger partial charge on any atom is -0.348 e. The normalized spacial score (nSPS) is 20.2. The van der Waals surface area contributed by atoms with E-state index in [2.05, 4.69) is 30.4 Å². The number of H-pyrrole nitrogens is 2. The van der Waals surface area contributed by atoms with Crippen molar-refractivity contribution < 1.29 is 9.59 Å². The standard InChI is InChI=1S/C17H25N7O2/c1-3-23(4-2)17(26)14-9-12(21-16(25)13-5-6-20-22-13)10-24(14)11-15-18-7-8-19-15/h5-8,12,14H,3-4,9-11H2,1-2H3,(H,18,19)(H,20,22)(H,21,25)/t12-,14-/m0/s1. The van der Waals surface area contributed by atoms with Gasteiger partial charge in [-0.05, 0) is 26.3 Å². The molecule has 1 fully saturated rings. The molecule has 1 aliphatic rings. The highest BCUT2D eigenvalue weighted by Crippen LogP contribution is 2.22. The van der Waals surface area contributed by atoms with Gasteiger partial charge in [0.05, 0.1) is 12.6 Å². The number of nitrogens with one attached hydrogen (secondary N) is 3. The highest BCUT2D eigenvalue weighted by atomic mass is 16.2. The zero-order chi connectivity index (χ0) is 18.5. The first-order valence-electron chi connectivity index (χ1n) is 8.93. The van der Waals surface area contributed by atoms with Crippen molar-refractivity contribution in [1.29, 1.82) is 0 Å². The van der Waals surface area contributed by atoms with Crippen molar-refractivity contribution >= 4 is 11.8 Å². The van der Waals surface area contributed by atoms with Gasteiger partial charge in [-0.3, -0.25) is 19.6 Å². The number of likely N-dealkylation sites (tertiary alicyclic amines) is 1. The second kappa shape index (κ2) is 8.13. The highest BCUT2D eigenvalue weighted by molar-refractivity contribution is 5.92. The van der Waals surface area contributed by atoms with Crippen LogP contribution in [0, 0.1) is 0 Å². The lowest BCUT2D eigenvalue weighted by molar-refractivity contribution is -0.135. The van der Waals surface area contributed by atoms with Crippen LogP contribution < -0.4 is 5.32 Å². The molecule has 3 N–H and O–H groups in total. The van der Waals surface area contributed by atoms with E-state index < -0.39 is 0 Å². The first-order valence-corrected chi connectivity index (χ1v) is 8.93. The molecule has 26 heavy (non-hydrogen) atoms. The highest BCUT2D eigenvalue weighted by Gasteiger charge is 2.39. The number of likely N-dealkylation sites (N-methyl/N-ethyl adjacent to an activating group) is 1. The number of carbonyl (C=O) groups is 2. The van der Waals surface area contributed by atoms with Gasteiger partial charge in [-0.25, -0.2) is 4.98 Å². The Labute approximate surface area is 152 Å². The zero-order valence-electron chi connectivity index (χ0n) is 15.1. The van der Waals surface area contributed by atoms with Crippen LogP contribution in [0.5, 0.6) is 0 Å². The van der Waals surface area contributed by atoms with E-state index in [9.17, 15) is 9.59 Å². The number of rotatable bonds is 7. The van der Waals surface area contributed by atoms with Gasteiger partial charge in [0.25, 0.3) is 5.91 Å². The van der Waals surface area contributed by atoms with E-state index in [0.29, 0.717) is 38.3 Å². The smallest absolute Gasteiger partial charge is 0.269 e. The maximum Gasteiger partial charge on any atom is 0.269 e. The molecule has 2 atom stereocenters. The van der Waals surface area contributed by atoms with Gasteiger partial charge in [-0.15, -0.1) is 0 Å². The SMILES string of the molecule is CCN(CC)C(=O)[C@@H]1C[C@H](NC(=O)c2ccn[nH]2)CN1Cc1ncc[nH]1. The fourth-order valence-electron chi connectivity index (χ4n) is 3.41. The van der Waals surface area contributed by atoms with Crippen LogP contribution >= 0.6 is 0 Å². The first-order chi connectivity index (χ1) is 12.6. The van der Waals surface area contributed by atoms with Gasteiger partial charge in [0.15, 0.2) is 0 Å². The van der Waals surface area contributed by atoms with Crippen molar-refractivity contribution in [3.8, 4) is 0 Å². The minimum atomic E-state index is -0.271. The monoisotopic (exact) mass is 359 g/mol. The summed E-state index contributed by atoms with van der Waals surface area (Å²) in [5.41, 5.74) is 0.418. The van der Waals surface area contributed by atoms with E-state index >= 15 is 0 Å². The number of amides is 2. The predicted octanol–water partition coefficient (Wildman–Crippen LogP) is 0.374. The third-order valence-electron chi connectivity index (χ3n) is 4.75. The topological polar surface area (TPSA) is 110 Å². The summed E-state index contributed by atoms with van der Waals surface area (Å²) in [4.78, 5) is 36.5. The van der Waals surface area contributed by atoms with Gasteiger partial charge in [-0.1, -0.05) is 0 Å². The fraction of sp³-hybridized carbons (Fsp3) is 0.529. The molecular formula is C17H25N7O2. The molecule has 0 radical (unpaired) electrons. The molecule has 9 heteroatoms. The second-order valence-corrected chi connectivity index (χ2v) is 6.37. The Balaban J connectivity index is 1.71. The third kappa shape index (κ3) is 3.93. The van der Waals surface area contributed by atoms with Gasteiger partial charge >= 0.3 is 0 Å². The van der Waals surface area contributed by atoms with Crippen molar-refractivity contribution in [2.45, 2.75) is 38.9 Å². The molecule has 3 rings (SSSR count). The van der Waals surface area contributed by atoms with Crippen LogP contribution in [0.15, 0.2) is 24.7 Å². The van der Waals surface area contributed by atoms with Crippen LogP contribution in [-0.2, 0) is 11.3 Å². The number of aromatic amines is 2. The maximum absolute atomic E-state index is 12.9. The molecule has 2 amide bonds. The van der Waals surface area contributed by atoms with E-state index in [1.807, 2.05) is 18.7 Å². The zero-order valence-corrected chi connectivity index (χ0v) is 15.1. The van der Waals surface area contributed by atoms with Crippen molar-refractivity contribution in [2.24, 2.45) is 0 Å². The molecule has 2 aromatic rings. The summed E-state index contributed by atoms with van der Waals surface area (Å²) in [6.45, 7) is 6.44. The Bertz CT molecular complexity index is 710. The fourth-order valence-corrected chi connectivity index (χ4v) is 3.41. The molecule has 1 saturated heterocycles. The molecule has 140 valence electrons. The number of nitrogens with zero attached hydrogens (tertiary/aromatic N) is 4. The predicted molar refractivity (Wildman–Crippen MR) is 95.2 cm³/mol. The average molecular weight is 359 g/mol. The molecule has 0 unspecified atom stereocenters. The van der Waals surface area contributed by atoms with Gasteiger partial charge in [0.1, 0.15) is 11.5 Å². The summed E-state index contributed by atoms with van der Waals surface area (Å²) in [6, 6.07) is 1.25. The molecule has 0 bridgehead atoms. The van der Waals surface area contributed by atoms with Crippen LogP contribution in [0.25, 0.3) is 0 Å². The Morgan fingerprint density at radius 1 is 1.35 bits per heavy atom. The van der Waals surface area contributed by atoms with Crippen molar-refractivity contribution in [2.75, 3.05) is 19.6 Å². The maximum atomic E-state index is 12.9. The number of aromatic nitrogens is 4. The van der Waals surface area contributed by atoms with E-state index in [4.69, 9.17) is 0 Å². The van der Waals surface area contributed by atoms with E-state index in [1.165, 1.54) is 0 Å². The molecule has 0 aromatic carbocycles. The molecular weight excluding hydrogens is 334 g/mol. The Morgan fingerprint density at radius 3 is 2.77 bits per heavy atom. The van der Waals surface area contributed by atoms with Gasteiger partial charge < -0.3 is 15.2 Å². The van der Waals surface area contributed by atoms with Crippen LogP contribution in [0.2, 0.25) is 0 Å². The van der Waals surface area contributed by atoms with Gasteiger partial charge in [0, 0.05) is 44.3 Å².